The van der Waals surface area contributed by atoms with Gasteiger partial charge in [-0.05, 0) is 37.6 Å². The molecule has 1 amide bonds. The molecular formula is C21H22FN3O5. The number of aromatic carboxylic acids is 1. The molecule has 3 rings (SSSR count). The highest BCUT2D eigenvalue weighted by molar-refractivity contribution is 6.01. The molecule has 158 valence electrons. The minimum absolute atomic E-state index is 0.0371. The lowest BCUT2D eigenvalue weighted by atomic mass is 10.0. The van der Waals surface area contributed by atoms with Crippen LogP contribution in [0.3, 0.4) is 0 Å². The third kappa shape index (κ3) is 4.35. The number of aromatic nitrogens is 2. The van der Waals surface area contributed by atoms with Crippen LogP contribution in [0.4, 0.5) is 10.1 Å². The van der Waals surface area contributed by atoms with Gasteiger partial charge >= 0.3 is 5.97 Å². The van der Waals surface area contributed by atoms with Crippen LogP contribution in [0.5, 0.6) is 5.75 Å². The summed E-state index contributed by atoms with van der Waals surface area (Å²) >= 11 is 0. The number of hydrogen-bond donors (Lipinski definition) is 3. The Morgan fingerprint density at radius 3 is 2.53 bits per heavy atom. The summed E-state index contributed by atoms with van der Waals surface area (Å²) in [5.74, 6) is -1.82. The number of carboxylic acids is 1. The number of hydrogen-bond acceptors (Lipinski definition) is 5. The Bertz CT molecular complexity index is 1060. The zero-order chi connectivity index (χ0) is 21.8. The topological polar surface area (TPSA) is 118 Å². The molecule has 2 aromatic heterocycles. The smallest absolute Gasteiger partial charge is 0.339 e. The molecule has 0 aliphatic heterocycles. The van der Waals surface area contributed by atoms with Crippen molar-refractivity contribution in [3.05, 3.63) is 53.5 Å². The Morgan fingerprint density at radius 1 is 1.23 bits per heavy atom. The van der Waals surface area contributed by atoms with Crippen LogP contribution in [-0.2, 0) is 24.2 Å². The Labute approximate surface area is 171 Å². The van der Waals surface area contributed by atoms with E-state index in [1.54, 1.807) is 16.7 Å². The number of alkyl halides is 1. The molecule has 8 nitrogen and oxygen atoms in total. The number of carbonyl (C=O) groups excluding carboxylic acids is 1. The van der Waals surface area contributed by atoms with Crippen LogP contribution in [0.15, 0.2) is 41.2 Å². The highest BCUT2D eigenvalue weighted by Gasteiger charge is 2.26. The van der Waals surface area contributed by atoms with E-state index in [0.717, 1.165) is 0 Å². The van der Waals surface area contributed by atoms with Gasteiger partial charge in [-0.1, -0.05) is 12.1 Å². The van der Waals surface area contributed by atoms with Gasteiger partial charge in [-0.3, -0.25) is 4.79 Å². The third-order valence-corrected chi connectivity index (χ3v) is 4.75. The summed E-state index contributed by atoms with van der Waals surface area (Å²) in [7, 11) is 0. The lowest BCUT2D eigenvalue weighted by Crippen LogP contribution is -2.26. The number of aryl methyl sites for hydroxylation is 1. The monoisotopic (exact) mass is 415 g/mol. The number of nitrogens with zero attached hydrogens (tertiary/aromatic N) is 2. The molecule has 0 aliphatic carbocycles. The number of phenolic OH excluding ortho intramolecular Hbond substituents is 1. The molecule has 1 aromatic carbocycles. The first-order chi connectivity index (χ1) is 14.3. The molecule has 0 fully saturated rings. The molecule has 0 bridgehead atoms. The Kier molecular flexibility index (Phi) is 6.20. The summed E-state index contributed by atoms with van der Waals surface area (Å²) in [6.45, 7) is 4.18. The molecule has 1 unspecified atom stereocenters. The molecule has 3 aromatic rings. The van der Waals surface area contributed by atoms with Gasteiger partial charge in [0.1, 0.15) is 22.8 Å². The second-order valence-electron chi connectivity index (χ2n) is 6.72. The highest BCUT2D eigenvalue weighted by atomic mass is 19.1. The van der Waals surface area contributed by atoms with E-state index in [-0.39, 0.29) is 29.2 Å². The minimum atomic E-state index is -1.96. The summed E-state index contributed by atoms with van der Waals surface area (Å²) < 4.78 is 21.6. The van der Waals surface area contributed by atoms with Crippen LogP contribution >= 0.6 is 0 Å². The van der Waals surface area contributed by atoms with Crippen LogP contribution < -0.4 is 5.32 Å². The number of amides is 1. The van der Waals surface area contributed by atoms with E-state index in [1.165, 1.54) is 24.5 Å². The fraction of sp³-hybridized carbons (Fsp3) is 0.286. The molecule has 9 heteroatoms. The van der Waals surface area contributed by atoms with Gasteiger partial charge in [-0.25, -0.2) is 9.18 Å². The normalized spacial score (nSPS) is 12.0. The SMILES string of the molecule is CCc1c(-c2ccc(O)cc2)noc1CC(F)C(=O)Nc1cn(CC)cc1C(=O)O. The number of phenols is 1. The van der Waals surface area contributed by atoms with Crippen LogP contribution in [0, 0.1) is 0 Å². The summed E-state index contributed by atoms with van der Waals surface area (Å²) in [6, 6.07) is 6.36. The quantitative estimate of drug-likeness (QED) is 0.517. The first-order valence-corrected chi connectivity index (χ1v) is 9.48. The standard InChI is InChI=1S/C21H22FN3O5/c1-3-14-18(30-24-19(14)12-5-7-13(26)8-6-12)9-16(22)20(27)23-17-11-25(4-2)10-15(17)21(28)29/h5-8,10-11,16,26H,3-4,9H2,1-2H3,(H,23,27)(H,28,29). The fourth-order valence-electron chi connectivity index (χ4n) is 3.14. The second kappa shape index (κ2) is 8.81. The van der Waals surface area contributed by atoms with Gasteiger partial charge in [0, 0.05) is 36.5 Å². The molecule has 2 heterocycles. The van der Waals surface area contributed by atoms with Gasteiger partial charge in [-0.2, -0.15) is 0 Å². The largest absolute Gasteiger partial charge is 0.508 e. The van der Waals surface area contributed by atoms with E-state index in [2.05, 4.69) is 10.5 Å². The lowest BCUT2D eigenvalue weighted by Gasteiger charge is -2.09. The van der Waals surface area contributed by atoms with Crippen LogP contribution in [0.25, 0.3) is 11.3 Å². The van der Waals surface area contributed by atoms with E-state index in [1.807, 2.05) is 13.8 Å². The van der Waals surface area contributed by atoms with Crippen molar-refractivity contribution in [2.75, 3.05) is 5.32 Å². The molecule has 30 heavy (non-hydrogen) atoms. The average Bonchev–Trinajstić information content (AvgIpc) is 3.32. The molecule has 1 atom stereocenters. The second-order valence-corrected chi connectivity index (χ2v) is 6.72. The van der Waals surface area contributed by atoms with E-state index >= 15 is 0 Å². The number of carboxylic acid groups (broad SMARTS) is 1. The average molecular weight is 415 g/mol. The number of halogens is 1. The molecule has 3 N–H and O–H groups in total. The van der Waals surface area contributed by atoms with Crippen molar-refractivity contribution >= 4 is 17.6 Å². The first kappa shape index (κ1) is 21.1. The van der Waals surface area contributed by atoms with Gasteiger partial charge in [0.25, 0.3) is 5.91 Å². The zero-order valence-corrected chi connectivity index (χ0v) is 16.6. The predicted octanol–water partition coefficient (Wildman–Crippen LogP) is 3.65. The maximum absolute atomic E-state index is 14.7. The van der Waals surface area contributed by atoms with Crippen molar-refractivity contribution in [1.29, 1.82) is 0 Å². The van der Waals surface area contributed by atoms with Gasteiger partial charge in [-0.15, -0.1) is 0 Å². The molecule has 0 aliphatic rings. The Hall–Kier alpha value is -3.62. The maximum Gasteiger partial charge on any atom is 0.339 e. The first-order valence-electron chi connectivity index (χ1n) is 9.48. The van der Waals surface area contributed by atoms with Gasteiger partial charge in [0.2, 0.25) is 0 Å². The Balaban J connectivity index is 1.77. The van der Waals surface area contributed by atoms with E-state index < -0.39 is 18.0 Å². The molecule has 0 spiro atoms. The number of carbonyl (C=O) groups is 2. The number of aromatic hydroxyl groups is 1. The molecule has 0 radical (unpaired) electrons. The summed E-state index contributed by atoms with van der Waals surface area (Å²) in [5, 5.41) is 25.0. The molecular weight excluding hydrogens is 393 g/mol. The summed E-state index contributed by atoms with van der Waals surface area (Å²) in [5.41, 5.74) is 1.82. The number of anilines is 1. The van der Waals surface area contributed by atoms with E-state index in [4.69, 9.17) is 4.52 Å². The van der Waals surface area contributed by atoms with Crippen molar-refractivity contribution in [3.63, 3.8) is 0 Å². The van der Waals surface area contributed by atoms with Crippen molar-refractivity contribution in [2.24, 2.45) is 0 Å². The van der Waals surface area contributed by atoms with Crippen molar-refractivity contribution in [2.45, 2.75) is 39.4 Å². The third-order valence-electron chi connectivity index (χ3n) is 4.75. The number of nitrogens with one attached hydrogen (secondary N) is 1. The summed E-state index contributed by atoms with van der Waals surface area (Å²) in [6.07, 6.45) is 1.04. The van der Waals surface area contributed by atoms with Crippen LogP contribution in [0.1, 0.15) is 35.5 Å². The molecule has 0 saturated carbocycles. The van der Waals surface area contributed by atoms with Crippen LogP contribution in [-0.4, -0.2) is 38.0 Å². The maximum atomic E-state index is 14.7. The van der Waals surface area contributed by atoms with Gasteiger partial charge < -0.3 is 24.6 Å². The van der Waals surface area contributed by atoms with Crippen LogP contribution in [0.2, 0.25) is 0 Å². The van der Waals surface area contributed by atoms with Crippen molar-refractivity contribution in [3.8, 4) is 17.0 Å². The van der Waals surface area contributed by atoms with Crippen molar-refractivity contribution < 1.29 is 28.7 Å². The fourth-order valence-corrected chi connectivity index (χ4v) is 3.14. The molecule has 0 saturated heterocycles. The van der Waals surface area contributed by atoms with E-state index in [9.17, 15) is 24.2 Å². The number of rotatable bonds is 8. The summed E-state index contributed by atoms with van der Waals surface area (Å²) in [4.78, 5) is 23.7. The Morgan fingerprint density at radius 2 is 1.93 bits per heavy atom. The lowest BCUT2D eigenvalue weighted by molar-refractivity contribution is -0.120. The van der Waals surface area contributed by atoms with Gasteiger partial charge in [0.15, 0.2) is 6.17 Å². The zero-order valence-electron chi connectivity index (χ0n) is 16.6. The minimum Gasteiger partial charge on any atom is -0.508 e. The van der Waals surface area contributed by atoms with Crippen molar-refractivity contribution in [1.82, 2.24) is 9.72 Å². The predicted molar refractivity (Wildman–Crippen MR) is 107 cm³/mol. The van der Waals surface area contributed by atoms with E-state index in [0.29, 0.717) is 29.8 Å². The van der Waals surface area contributed by atoms with Gasteiger partial charge in [0.05, 0.1) is 5.69 Å². The number of benzene rings is 1. The highest BCUT2D eigenvalue weighted by Crippen LogP contribution is 2.28.